The zero-order chi connectivity index (χ0) is 16.8. The van der Waals surface area contributed by atoms with Crippen molar-refractivity contribution < 1.29 is 19.4 Å². The Kier molecular flexibility index (Phi) is 6.38. The van der Waals surface area contributed by atoms with Crippen LogP contribution in [-0.2, 0) is 9.53 Å². The van der Waals surface area contributed by atoms with Crippen molar-refractivity contribution in [1.82, 2.24) is 4.90 Å². The number of carbonyl (C=O) groups excluding carboxylic acids is 1. The lowest BCUT2D eigenvalue weighted by molar-refractivity contribution is -0.117. The van der Waals surface area contributed by atoms with Crippen LogP contribution in [0.1, 0.15) is 30.1 Å². The molecule has 1 saturated heterocycles. The highest BCUT2D eigenvalue weighted by molar-refractivity contribution is 6.33. The summed E-state index contributed by atoms with van der Waals surface area (Å²) in [5.74, 6) is -1.32. The average molecular weight is 341 g/mol. The third-order valence-corrected chi connectivity index (χ3v) is 4.11. The fraction of sp³-hybridized carbons (Fsp3) is 0.500. The second kappa shape index (κ2) is 8.29. The van der Waals surface area contributed by atoms with Crippen LogP contribution in [0.2, 0.25) is 5.02 Å². The van der Waals surface area contributed by atoms with Gasteiger partial charge in [0.25, 0.3) is 0 Å². The molecule has 2 rings (SSSR count). The molecule has 1 aliphatic heterocycles. The van der Waals surface area contributed by atoms with Gasteiger partial charge in [-0.05, 0) is 37.6 Å². The molecule has 0 aliphatic carbocycles. The molecule has 1 amide bonds. The first-order valence-electron chi connectivity index (χ1n) is 7.66. The van der Waals surface area contributed by atoms with Crippen molar-refractivity contribution in [2.24, 2.45) is 0 Å². The summed E-state index contributed by atoms with van der Waals surface area (Å²) in [5, 5.41) is 11.9. The maximum atomic E-state index is 12.1. The number of carbonyl (C=O) groups is 2. The number of benzene rings is 1. The van der Waals surface area contributed by atoms with Gasteiger partial charge in [-0.1, -0.05) is 18.5 Å². The van der Waals surface area contributed by atoms with Crippen LogP contribution in [0, 0.1) is 0 Å². The van der Waals surface area contributed by atoms with Crippen LogP contribution in [0.5, 0.6) is 0 Å². The lowest BCUT2D eigenvalue weighted by atomic mass is 10.2. The summed E-state index contributed by atoms with van der Waals surface area (Å²) in [7, 11) is 0. The highest BCUT2D eigenvalue weighted by atomic mass is 35.5. The summed E-state index contributed by atoms with van der Waals surface area (Å²) in [6.45, 7) is 4.49. The van der Waals surface area contributed by atoms with Crippen molar-refractivity contribution in [3.05, 3.63) is 28.8 Å². The lowest BCUT2D eigenvalue weighted by Gasteiger charge is -2.23. The van der Waals surface area contributed by atoms with Crippen molar-refractivity contribution in [3.8, 4) is 0 Å². The predicted octanol–water partition coefficient (Wildman–Crippen LogP) is 2.48. The van der Waals surface area contributed by atoms with Crippen LogP contribution in [-0.4, -0.2) is 54.2 Å². The van der Waals surface area contributed by atoms with Gasteiger partial charge in [-0.2, -0.15) is 0 Å². The van der Waals surface area contributed by atoms with Gasteiger partial charge in [0.05, 0.1) is 23.2 Å². The number of hydrogen-bond donors (Lipinski definition) is 2. The topological polar surface area (TPSA) is 78.9 Å². The molecule has 1 atom stereocenters. The minimum absolute atomic E-state index is 0.0313. The molecule has 1 aromatic carbocycles. The summed E-state index contributed by atoms with van der Waals surface area (Å²) in [5.41, 5.74) is 0.390. The van der Waals surface area contributed by atoms with Crippen LogP contribution in [0.3, 0.4) is 0 Å². The molecule has 2 N–H and O–H groups in total. The summed E-state index contributed by atoms with van der Waals surface area (Å²) < 4.78 is 5.59. The first kappa shape index (κ1) is 17.7. The van der Waals surface area contributed by atoms with E-state index >= 15 is 0 Å². The van der Waals surface area contributed by atoms with Crippen molar-refractivity contribution in [3.63, 3.8) is 0 Å². The van der Waals surface area contributed by atoms with Gasteiger partial charge in [0, 0.05) is 18.8 Å². The molecule has 1 aromatic rings. The minimum atomic E-state index is -1.13. The normalized spacial score (nSPS) is 17.4. The Bertz CT molecular complexity index is 573. The molecule has 1 unspecified atom stereocenters. The lowest BCUT2D eigenvalue weighted by Crippen LogP contribution is -2.38. The van der Waals surface area contributed by atoms with Crippen molar-refractivity contribution in [2.45, 2.75) is 25.9 Å². The second-order valence-corrected chi connectivity index (χ2v) is 5.92. The van der Waals surface area contributed by atoms with Crippen LogP contribution >= 0.6 is 11.6 Å². The molecule has 0 radical (unpaired) electrons. The van der Waals surface area contributed by atoms with Gasteiger partial charge in [0.15, 0.2) is 0 Å². The van der Waals surface area contributed by atoms with E-state index in [0.717, 1.165) is 32.5 Å². The number of rotatable bonds is 7. The Morgan fingerprint density at radius 3 is 2.87 bits per heavy atom. The predicted molar refractivity (Wildman–Crippen MR) is 88.1 cm³/mol. The minimum Gasteiger partial charge on any atom is -0.478 e. The Balaban J connectivity index is 1.92. The van der Waals surface area contributed by atoms with E-state index in [1.54, 1.807) is 6.07 Å². The molecular formula is C16H21ClN2O4. The molecule has 0 spiro atoms. The summed E-state index contributed by atoms with van der Waals surface area (Å²) in [6, 6.07) is 4.41. The van der Waals surface area contributed by atoms with E-state index in [0.29, 0.717) is 5.69 Å². The molecule has 1 fully saturated rings. The molecule has 1 aliphatic rings. The summed E-state index contributed by atoms with van der Waals surface area (Å²) >= 11 is 5.81. The van der Waals surface area contributed by atoms with Crippen molar-refractivity contribution >= 4 is 29.2 Å². The van der Waals surface area contributed by atoms with Crippen molar-refractivity contribution in [2.75, 3.05) is 31.6 Å². The van der Waals surface area contributed by atoms with Gasteiger partial charge >= 0.3 is 5.97 Å². The van der Waals surface area contributed by atoms with E-state index < -0.39 is 5.97 Å². The monoisotopic (exact) mass is 340 g/mol. The van der Waals surface area contributed by atoms with Crippen molar-refractivity contribution in [1.29, 1.82) is 0 Å². The fourth-order valence-corrected chi connectivity index (χ4v) is 2.75. The number of halogens is 1. The van der Waals surface area contributed by atoms with Gasteiger partial charge in [0.2, 0.25) is 5.91 Å². The zero-order valence-electron chi connectivity index (χ0n) is 13.0. The van der Waals surface area contributed by atoms with E-state index in [1.807, 2.05) is 11.8 Å². The molecule has 1 heterocycles. The van der Waals surface area contributed by atoms with E-state index in [2.05, 4.69) is 5.32 Å². The molecule has 7 heteroatoms. The quantitative estimate of drug-likeness (QED) is 0.797. The first-order chi connectivity index (χ1) is 11.0. The van der Waals surface area contributed by atoms with Gasteiger partial charge in [-0.15, -0.1) is 0 Å². The highest BCUT2D eigenvalue weighted by Gasteiger charge is 2.20. The van der Waals surface area contributed by atoms with Crippen LogP contribution in [0.15, 0.2) is 18.2 Å². The largest absolute Gasteiger partial charge is 0.478 e. The number of nitrogens with zero attached hydrogens (tertiary/aromatic N) is 1. The standard InChI is InChI=1S/C16H21ClN2O4/c1-2-19(9-12-4-3-7-23-12)10-15(20)18-11-5-6-14(17)13(8-11)16(21)22/h5-6,8,12H,2-4,7,9-10H2,1H3,(H,18,20)(H,21,22). The van der Waals surface area contributed by atoms with E-state index in [-0.39, 0.29) is 29.1 Å². The number of amides is 1. The molecular weight excluding hydrogens is 320 g/mol. The third kappa shape index (κ3) is 5.20. The number of likely N-dealkylation sites (N-methyl/N-ethyl adjacent to an activating group) is 1. The molecule has 0 aromatic heterocycles. The second-order valence-electron chi connectivity index (χ2n) is 5.51. The maximum absolute atomic E-state index is 12.1. The van der Waals surface area contributed by atoms with Crippen LogP contribution in [0.25, 0.3) is 0 Å². The Hall–Kier alpha value is -1.63. The Labute approximate surface area is 140 Å². The van der Waals surface area contributed by atoms with Gasteiger partial charge < -0.3 is 15.2 Å². The molecule has 0 bridgehead atoms. The highest BCUT2D eigenvalue weighted by Crippen LogP contribution is 2.20. The maximum Gasteiger partial charge on any atom is 0.337 e. The first-order valence-corrected chi connectivity index (χ1v) is 8.04. The van der Waals surface area contributed by atoms with Gasteiger partial charge in [-0.3, -0.25) is 9.69 Å². The van der Waals surface area contributed by atoms with E-state index in [4.69, 9.17) is 21.4 Å². The molecule has 126 valence electrons. The van der Waals surface area contributed by atoms with E-state index in [1.165, 1.54) is 12.1 Å². The number of anilines is 1. The smallest absolute Gasteiger partial charge is 0.337 e. The average Bonchev–Trinajstić information content (AvgIpc) is 3.01. The number of nitrogens with one attached hydrogen (secondary N) is 1. The SMILES string of the molecule is CCN(CC(=O)Nc1ccc(Cl)c(C(=O)O)c1)CC1CCCO1. The number of carboxylic acids is 1. The number of ether oxygens (including phenoxy) is 1. The molecule has 6 nitrogen and oxygen atoms in total. The molecule has 23 heavy (non-hydrogen) atoms. The summed E-state index contributed by atoms with van der Waals surface area (Å²) in [4.78, 5) is 25.2. The Morgan fingerprint density at radius 2 is 2.26 bits per heavy atom. The zero-order valence-corrected chi connectivity index (χ0v) is 13.8. The fourth-order valence-electron chi connectivity index (χ4n) is 2.55. The van der Waals surface area contributed by atoms with Gasteiger partial charge in [0.1, 0.15) is 0 Å². The Morgan fingerprint density at radius 1 is 1.48 bits per heavy atom. The third-order valence-electron chi connectivity index (χ3n) is 3.78. The number of hydrogen-bond acceptors (Lipinski definition) is 4. The summed E-state index contributed by atoms with van der Waals surface area (Å²) in [6.07, 6.45) is 2.28. The van der Waals surface area contributed by atoms with Gasteiger partial charge in [-0.25, -0.2) is 4.79 Å². The molecule has 0 saturated carbocycles. The number of carboxylic acid groups (broad SMARTS) is 1. The van der Waals surface area contributed by atoms with E-state index in [9.17, 15) is 9.59 Å². The number of aromatic carboxylic acids is 1. The van der Waals surface area contributed by atoms with Crippen LogP contribution in [0.4, 0.5) is 5.69 Å². The van der Waals surface area contributed by atoms with Crippen LogP contribution < -0.4 is 5.32 Å².